The van der Waals surface area contributed by atoms with Gasteiger partial charge >= 0.3 is 0 Å². The fourth-order valence-electron chi connectivity index (χ4n) is 1.53. The Hall–Kier alpha value is -2.22. The van der Waals surface area contributed by atoms with E-state index in [0.29, 0.717) is 16.6 Å². The first kappa shape index (κ1) is 13.2. The summed E-state index contributed by atoms with van der Waals surface area (Å²) in [5.74, 6) is 0.0157. The average Bonchev–Trinajstić information content (AvgIpc) is 2.36. The first-order chi connectivity index (χ1) is 8.97. The molecule has 0 amide bonds. The standard InChI is InChI=1S/C11H12F2N4O2/c12-9(13)8(18)4-15-11-16-7-2-1-5(14)3-6(7)10(19)17-11/h1-3,8-9,18H,4,14H2,(H2,15,16,17,19). The van der Waals surface area contributed by atoms with Gasteiger partial charge in [-0.1, -0.05) is 0 Å². The summed E-state index contributed by atoms with van der Waals surface area (Å²) in [5.41, 5.74) is 5.92. The smallest absolute Gasteiger partial charge is 0.265 e. The summed E-state index contributed by atoms with van der Waals surface area (Å²) in [6.07, 6.45) is -4.69. The van der Waals surface area contributed by atoms with Crippen molar-refractivity contribution in [1.82, 2.24) is 9.97 Å². The van der Waals surface area contributed by atoms with E-state index in [9.17, 15) is 13.6 Å². The van der Waals surface area contributed by atoms with Crippen LogP contribution in [0.15, 0.2) is 23.0 Å². The molecule has 0 saturated heterocycles. The predicted molar refractivity (Wildman–Crippen MR) is 67.3 cm³/mol. The molecule has 19 heavy (non-hydrogen) atoms. The summed E-state index contributed by atoms with van der Waals surface area (Å²) >= 11 is 0. The maximum absolute atomic E-state index is 12.1. The van der Waals surface area contributed by atoms with Crippen molar-refractivity contribution >= 4 is 22.5 Å². The molecule has 0 fully saturated rings. The number of nitrogens with one attached hydrogen (secondary N) is 2. The summed E-state index contributed by atoms with van der Waals surface area (Å²) in [7, 11) is 0. The Kier molecular flexibility index (Phi) is 3.61. The molecule has 1 heterocycles. The van der Waals surface area contributed by atoms with Gasteiger partial charge in [-0.05, 0) is 18.2 Å². The van der Waals surface area contributed by atoms with Crippen molar-refractivity contribution in [2.75, 3.05) is 17.6 Å². The van der Waals surface area contributed by atoms with Crippen molar-refractivity contribution in [2.45, 2.75) is 12.5 Å². The van der Waals surface area contributed by atoms with Crippen molar-refractivity contribution in [3.05, 3.63) is 28.6 Å². The van der Waals surface area contributed by atoms with Gasteiger partial charge in [-0.2, -0.15) is 0 Å². The number of H-pyrrole nitrogens is 1. The van der Waals surface area contributed by atoms with Gasteiger partial charge in [-0.25, -0.2) is 13.8 Å². The number of hydrogen-bond acceptors (Lipinski definition) is 5. The van der Waals surface area contributed by atoms with E-state index in [0.717, 1.165) is 0 Å². The molecular formula is C11H12F2N4O2. The van der Waals surface area contributed by atoms with Gasteiger partial charge in [0, 0.05) is 12.2 Å². The number of alkyl halides is 2. The first-order valence-electron chi connectivity index (χ1n) is 5.47. The molecule has 1 aromatic heterocycles. The minimum absolute atomic E-state index is 0.0157. The van der Waals surface area contributed by atoms with Gasteiger partial charge in [0.15, 0.2) is 0 Å². The molecule has 2 aromatic rings. The number of hydrogen-bond donors (Lipinski definition) is 4. The molecule has 1 unspecified atom stereocenters. The minimum atomic E-state index is -2.86. The zero-order valence-electron chi connectivity index (χ0n) is 9.73. The number of nitrogen functional groups attached to an aromatic ring is 1. The third-order valence-electron chi connectivity index (χ3n) is 2.50. The number of aliphatic hydroxyl groups is 1. The highest BCUT2D eigenvalue weighted by molar-refractivity contribution is 5.81. The zero-order chi connectivity index (χ0) is 14.0. The van der Waals surface area contributed by atoms with Crippen LogP contribution < -0.4 is 16.6 Å². The number of aromatic amines is 1. The molecule has 0 radical (unpaired) electrons. The van der Waals surface area contributed by atoms with E-state index in [2.05, 4.69) is 15.3 Å². The lowest BCUT2D eigenvalue weighted by Crippen LogP contribution is -2.28. The normalized spacial score (nSPS) is 12.8. The van der Waals surface area contributed by atoms with Gasteiger partial charge in [-0.3, -0.25) is 9.78 Å². The van der Waals surface area contributed by atoms with E-state index in [1.165, 1.54) is 6.07 Å². The minimum Gasteiger partial charge on any atom is -0.399 e. The number of rotatable bonds is 4. The lowest BCUT2D eigenvalue weighted by molar-refractivity contribution is 0.00377. The molecule has 1 atom stereocenters. The number of nitrogens with two attached hydrogens (primary N) is 1. The summed E-state index contributed by atoms with van der Waals surface area (Å²) in [4.78, 5) is 18.1. The molecule has 8 heteroatoms. The largest absolute Gasteiger partial charge is 0.399 e. The SMILES string of the molecule is Nc1ccc2nc(NCC(O)C(F)F)[nH]c(=O)c2c1. The van der Waals surface area contributed by atoms with Crippen LogP contribution >= 0.6 is 0 Å². The molecule has 102 valence electrons. The monoisotopic (exact) mass is 270 g/mol. The zero-order valence-corrected chi connectivity index (χ0v) is 9.73. The molecule has 5 N–H and O–H groups in total. The Balaban J connectivity index is 2.26. The Morgan fingerprint density at radius 1 is 1.47 bits per heavy atom. The van der Waals surface area contributed by atoms with Gasteiger partial charge in [0.05, 0.1) is 10.9 Å². The van der Waals surface area contributed by atoms with Crippen LogP contribution in [0.25, 0.3) is 10.9 Å². The molecule has 0 spiro atoms. The molecule has 6 nitrogen and oxygen atoms in total. The van der Waals surface area contributed by atoms with Crippen LogP contribution in [0.1, 0.15) is 0 Å². The molecule has 0 aliphatic rings. The fraction of sp³-hybridized carbons (Fsp3) is 0.273. The third-order valence-corrected chi connectivity index (χ3v) is 2.50. The number of aliphatic hydroxyl groups excluding tert-OH is 1. The first-order valence-corrected chi connectivity index (χ1v) is 5.47. The summed E-state index contributed by atoms with van der Waals surface area (Å²) in [5, 5.41) is 11.7. The molecule has 0 saturated carbocycles. The van der Waals surface area contributed by atoms with Crippen LogP contribution in [0.2, 0.25) is 0 Å². The number of benzene rings is 1. The summed E-state index contributed by atoms with van der Waals surface area (Å²) in [6, 6.07) is 4.60. The third kappa shape index (κ3) is 2.97. The van der Waals surface area contributed by atoms with Crippen molar-refractivity contribution in [3.63, 3.8) is 0 Å². The molecule has 0 aliphatic heterocycles. The van der Waals surface area contributed by atoms with E-state index in [1.54, 1.807) is 12.1 Å². The van der Waals surface area contributed by atoms with Gasteiger partial charge in [-0.15, -0.1) is 0 Å². The molecule has 2 rings (SSSR count). The highest BCUT2D eigenvalue weighted by atomic mass is 19.3. The summed E-state index contributed by atoms with van der Waals surface area (Å²) in [6.45, 7) is -0.416. The van der Waals surface area contributed by atoms with Crippen LogP contribution in [0.5, 0.6) is 0 Å². The van der Waals surface area contributed by atoms with E-state index in [1.807, 2.05) is 0 Å². The second-order valence-corrected chi connectivity index (χ2v) is 3.97. The van der Waals surface area contributed by atoms with Crippen LogP contribution in [0, 0.1) is 0 Å². The number of halogens is 2. The number of nitrogens with zero attached hydrogens (tertiary/aromatic N) is 1. The second-order valence-electron chi connectivity index (χ2n) is 3.97. The Labute approximate surface area is 106 Å². The van der Waals surface area contributed by atoms with Crippen molar-refractivity contribution in [1.29, 1.82) is 0 Å². The topological polar surface area (TPSA) is 104 Å². The quantitative estimate of drug-likeness (QED) is 0.607. The average molecular weight is 270 g/mol. The van der Waals surface area contributed by atoms with Crippen LogP contribution in [-0.2, 0) is 0 Å². The Bertz CT molecular complexity index is 644. The van der Waals surface area contributed by atoms with E-state index in [4.69, 9.17) is 10.8 Å². The molecule has 1 aromatic carbocycles. The summed E-state index contributed by atoms with van der Waals surface area (Å²) < 4.78 is 24.2. The lowest BCUT2D eigenvalue weighted by Gasteiger charge is -2.11. The van der Waals surface area contributed by atoms with Gasteiger partial charge in [0.25, 0.3) is 12.0 Å². The molecule has 0 bridgehead atoms. The second kappa shape index (κ2) is 5.19. The van der Waals surface area contributed by atoms with Gasteiger partial charge < -0.3 is 16.2 Å². The molecular weight excluding hydrogens is 258 g/mol. The maximum Gasteiger partial charge on any atom is 0.265 e. The lowest BCUT2D eigenvalue weighted by atomic mass is 10.2. The Morgan fingerprint density at radius 2 is 2.21 bits per heavy atom. The molecule has 0 aliphatic carbocycles. The number of aromatic nitrogens is 2. The van der Waals surface area contributed by atoms with E-state index >= 15 is 0 Å². The van der Waals surface area contributed by atoms with Crippen LogP contribution in [-0.4, -0.2) is 34.1 Å². The number of anilines is 2. The predicted octanol–water partition coefficient (Wildman–Crippen LogP) is 0.543. The fourth-order valence-corrected chi connectivity index (χ4v) is 1.53. The van der Waals surface area contributed by atoms with Gasteiger partial charge in [0.2, 0.25) is 5.95 Å². The highest BCUT2D eigenvalue weighted by Gasteiger charge is 2.16. The van der Waals surface area contributed by atoms with Crippen molar-refractivity contribution in [2.24, 2.45) is 0 Å². The maximum atomic E-state index is 12.1. The van der Waals surface area contributed by atoms with Crippen molar-refractivity contribution < 1.29 is 13.9 Å². The number of fused-ring (bicyclic) bond motifs is 1. The van der Waals surface area contributed by atoms with E-state index in [-0.39, 0.29) is 5.95 Å². The Morgan fingerprint density at radius 3 is 2.89 bits per heavy atom. The van der Waals surface area contributed by atoms with Crippen molar-refractivity contribution in [3.8, 4) is 0 Å². The van der Waals surface area contributed by atoms with E-state index < -0.39 is 24.6 Å². The highest BCUT2D eigenvalue weighted by Crippen LogP contribution is 2.13. The van der Waals surface area contributed by atoms with Gasteiger partial charge in [0.1, 0.15) is 6.10 Å². The van der Waals surface area contributed by atoms with Crippen LogP contribution in [0.4, 0.5) is 20.4 Å². The van der Waals surface area contributed by atoms with Crippen LogP contribution in [0.3, 0.4) is 0 Å².